The van der Waals surface area contributed by atoms with Gasteiger partial charge in [0.15, 0.2) is 0 Å². The molecule has 0 fully saturated rings. The Hall–Kier alpha value is -1.11. The van der Waals surface area contributed by atoms with Crippen LogP contribution in [0.5, 0.6) is 0 Å². The number of rotatable bonds is 0. The average Bonchev–Trinajstić information content (AvgIpc) is 2.21. The predicted octanol–water partition coefficient (Wildman–Crippen LogP) is 3.31. The van der Waals surface area contributed by atoms with Crippen LogP contribution in [-0.4, -0.2) is 4.98 Å². The standard InChI is InChI=1S/C10H11N.C2H6/c1-8-2-3-9-4-5-11-7-10(9)6-8;1-2/h2-5,7-8H,6H2,1H3;1-2H3. The number of pyridine rings is 1. The van der Waals surface area contributed by atoms with Gasteiger partial charge in [0.25, 0.3) is 0 Å². The van der Waals surface area contributed by atoms with Crippen LogP contribution < -0.4 is 0 Å². The monoisotopic (exact) mass is 175 g/mol. The molecule has 0 spiro atoms. The van der Waals surface area contributed by atoms with Gasteiger partial charge in [0.2, 0.25) is 0 Å². The molecule has 1 aliphatic rings. The van der Waals surface area contributed by atoms with Crippen molar-refractivity contribution in [3.8, 4) is 0 Å². The van der Waals surface area contributed by atoms with Gasteiger partial charge in [-0.1, -0.05) is 32.9 Å². The van der Waals surface area contributed by atoms with Gasteiger partial charge >= 0.3 is 0 Å². The Kier molecular flexibility index (Phi) is 3.69. The lowest BCUT2D eigenvalue weighted by atomic mass is 9.92. The van der Waals surface area contributed by atoms with E-state index in [1.165, 1.54) is 11.1 Å². The number of hydrogen-bond acceptors (Lipinski definition) is 1. The quantitative estimate of drug-likeness (QED) is 0.589. The van der Waals surface area contributed by atoms with Gasteiger partial charge in [0.05, 0.1) is 0 Å². The van der Waals surface area contributed by atoms with E-state index >= 15 is 0 Å². The molecule has 1 heteroatoms. The number of nitrogens with zero attached hydrogens (tertiary/aromatic N) is 1. The lowest BCUT2D eigenvalue weighted by molar-refractivity contribution is 0.714. The number of allylic oxidation sites excluding steroid dienone is 1. The first-order valence-electron chi connectivity index (χ1n) is 4.97. The zero-order valence-corrected chi connectivity index (χ0v) is 8.62. The van der Waals surface area contributed by atoms with Crippen LogP contribution in [0.4, 0.5) is 0 Å². The van der Waals surface area contributed by atoms with Crippen LogP contribution >= 0.6 is 0 Å². The highest BCUT2D eigenvalue weighted by atomic mass is 14.6. The minimum atomic E-state index is 0.673. The molecule has 70 valence electrons. The maximum atomic E-state index is 4.10. The van der Waals surface area contributed by atoms with Gasteiger partial charge in [0.1, 0.15) is 0 Å². The number of fused-ring (bicyclic) bond motifs is 1. The van der Waals surface area contributed by atoms with E-state index in [1.54, 1.807) is 0 Å². The third-order valence-electron chi connectivity index (χ3n) is 2.09. The summed E-state index contributed by atoms with van der Waals surface area (Å²) in [5.41, 5.74) is 2.71. The highest BCUT2D eigenvalue weighted by Crippen LogP contribution is 2.20. The number of aromatic nitrogens is 1. The molecule has 1 nitrogen and oxygen atoms in total. The second-order valence-corrected chi connectivity index (χ2v) is 3.12. The minimum Gasteiger partial charge on any atom is -0.264 e. The zero-order valence-electron chi connectivity index (χ0n) is 8.62. The Labute approximate surface area is 80.5 Å². The lowest BCUT2D eigenvalue weighted by Crippen LogP contribution is -2.02. The fraction of sp³-hybridized carbons (Fsp3) is 0.417. The first-order chi connectivity index (χ1) is 6.36. The molecule has 0 amide bonds. The second-order valence-electron chi connectivity index (χ2n) is 3.12. The Morgan fingerprint density at radius 3 is 2.92 bits per heavy atom. The third-order valence-corrected chi connectivity index (χ3v) is 2.09. The van der Waals surface area contributed by atoms with Gasteiger partial charge in [-0.2, -0.15) is 0 Å². The van der Waals surface area contributed by atoms with Gasteiger partial charge < -0.3 is 0 Å². The van der Waals surface area contributed by atoms with Crippen LogP contribution in [0.25, 0.3) is 6.08 Å². The normalized spacial score (nSPS) is 18.5. The fourth-order valence-electron chi connectivity index (χ4n) is 1.45. The van der Waals surface area contributed by atoms with Gasteiger partial charge in [0, 0.05) is 12.4 Å². The van der Waals surface area contributed by atoms with E-state index in [4.69, 9.17) is 0 Å². The molecule has 0 aromatic carbocycles. The van der Waals surface area contributed by atoms with E-state index in [0.29, 0.717) is 5.92 Å². The van der Waals surface area contributed by atoms with Crippen molar-refractivity contribution in [1.29, 1.82) is 0 Å². The third kappa shape index (κ3) is 2.41. The smallest absolute Gasteiger partial charge is 0.0306 e. The first-order valence-corrected chi connectivity index (χ1v) is 4.97. The molecule has 0 bridgehead atoms. The summed E-state index contributed by atoms with van der Waals surface area (Å²) in [6, 6.07) is 2.07. The summed E-state index contributed by atoms with van der Waals surface area (Å²) >= 11 is 0. The summed E-state index contributed by atoms with van der Waals surface area (Å²) in [4.78, 5) is 4.10. The molecular weight excluding hydrogens is 158 g/mol. The van der Waals surface area contributed by atoms with Crippen LogP contribution in [0.2, 0.25) is 0 Å². The Balaban J connectivity index is 0.000000396. The molecule has 0 N–H and O–H groups in total. The average molecular weight is 175 g/mol. The molecule has 1 aliphatic carbocycles. The molecule has 1 heterocycles. The summed E-state index contributed by atoms with van der Waals surface area (Å²) in [5, 5.41) is 0. The van der Waals surface area contributed by atoms with Crippen LogP contribution in [-0.2, 0) is 6.42 Å². The van der Waals surface area contributed by atoms with E-state index in [2.05, 4.69) is 30.1 Å². The second kappa shape index (κ2) is 4.80. The van der Waals surface area contributed by atoms with Crippen molar-refractivity contribution in [3.05, 3.63) is 35.7 Å². The molecular formula is C12H17N. The molecule has 2 rings (SSSR count). The molecule has 0 radical (unpaired) electrons. The molecule has 1 unspecified atom stereocenters. The van der Waals surface area contributed by atoms with Gasteiger partial charge in [-0.25, -0.2) is 0 Å². The van der Waals surface area contributed by atoms with E-state index in [9.17, 15) is 0 Å². The minimum absolute atomic E-state index is 0.673. The maximum absolute atomic E-state index is 4.10. The van der Waals surface area contributed by atoms with Crippen molar-refractivity contribution in [1.82, 2.24) is 4.98 Å². The summed E-state index contributed by atoms with van der Waals surface area (Å²) in [6.45, 7) is 6.23. The highest BCUT2D eigenvalue weighted by Gasteiger charge is 2.08. The lowest BCUT2D eigenvalue weighted by Gasteiger charge is -2.13. The van der Waals surface area contributed by atoms with Crippen molar-refractivity contribution in [2.24, 2.45) is 5.92 Å². The summed E-state index contributed by atoms with van der Waals surface area (Å²) < 4.78 is 0. The SMILES string of the molecule is CC.CC1C=Cc2ccncc2C1. The summed E-state index contributed by atoms with van der Waals surface area (Å²) in [6.07, 6.45) is 9.39. The fourth-order valence-corrected chi connectivity index (χ4v) is 1.45. The Morgan fingerprint density at radius 2 is 2.15 bits per heavy atom. The summed E-state index contributed by atoms with van der Waals surface area (Å²) in [5.74, 6) is 0.673. The predicted molar refractivity (Wildman–Crippen MR) is 57.5 cm³/mol. The van der Waals surface area contributed by atoms with Crippen LogP contribution in [0.1, 0.15) is 31.9 Å². The molecule has 0 saturated carbocycles. The van der Waals surface area contributed by atoms with Crippen LogP contribution in [0, 0.1) is 5.92 Å². The van der Waals surface area contributed by atoms with E-state index in [-0.39, 0.29) is 0 Å². The molecule has 0 aliphatic heterocycles. The van der Waals surface area contributed by atoms with Crippen molar-refractivity contribution in [2.75, 3.05) is 0 Å². The molecule has 1 aromatic heterocycles. The molecule has 1 atom stereocenters. The van der Waals surface area contributed by atoms with Gasteiger partial charge in [-0.15, -0.1) is 0 Å². The highest BCUT2D eigenvalue weighted by molar-refractivity contribution is 5.55. The van der Waals surface area contributed by atoms with E-state index < -0.39 is 0 Å². The number of hydrogen-bond donors (Lipinski definition) is 0. The van der Waals surface area contributed by atoms with Crippen molar-refractivity contribution in [2.45, 2.75) is 27.2 Å². The van der Waals surface area contributed by atoms with Crippen molar-refractivity contribution < 1.29 is 0 Å². The van der Waals surface area contributed by atoms with Crippen molar-refractivity contribution >= 4 is 6.08 Å². The molecule has 13 heavy (non-hydrogen) atoms. The molecule has 0 saturated heterocycles. The largest absolute Gasteiger partial charge is 0.264 e. The van der Waals surface area contributed by atoms with Gasteiger partial charge in [-0.05, 0) is 29.5 Å². The Morgan fingerprint density at radius 1 is 1.38 bits per heavy atom. The maximum Gasteiger partial charge on any atom is 0.0306 e. The van der Waals surface area contributed by atoms with Crippen molar-refractivity contribution in [3.63, 3.8) is 0 Å². The van der Waals surface area contributed by atoms with Gasteiger partial charge in [-0.3, -0.25) is 4.98 Å². The topological polar surface area (TPSA) is 12.9 Å². The van der Waals surface area contributed by atoms with E-state index in [0.717, 1.165) is 6.42 Å². The van der Waals surface area contributed by atoms with E-state index in [1.807, 2.05) is 26.2 Å². The summed E-state index contributed by atoms with van der Waals surface area (Å²) in [7, 11) is 0. The van der Waals surface area contributed by atoms with Crippen LogP contribution in [0.15, 0.2) is 24.5 Å². The first kappa shape index (κ1) is 9.97. The van der Waals surface area contributed by atoms with Crippen LogP contribution in [0.3, 0.4) is 0 Å². The zero-order chi connectivity index (χ0) is 9.68. The molecule has 1 aromatic rings. The Bertz CT molecular complexity index is 289.